The third kappa shape index (κ3) is 5.21. The minimum absolute atomic E-state index is 0.532. The molecule has 0 saturated heterocycles. The summed E-state index contributed by atoms with van der Waals surface area (Å²) in [5, 5.41) is 0. The molecule has 1 aliphatic rings. The van der Waals surface area contributed by atoms with Crippen molar-refractivity contribution in [2.75, 3.05) is 0 Å². The second-order valence-corrected chi connectivity index (χ2v) is 3.31. The molecular weight excluding hydrogens is 180 g/mol. The van der Waals surface area contributed by atoms with E-state index in [9.17, 15) is 0 Å². The lowest BCUT2D eigenvalue weighted by Crippen LogP contribution is -1.78. The van der Waals surface area contributed by atoms with Crippen molar-refractivity contribution in [2.45, 2.75) is 27.7 Å². The van der Waals surface area contributed by atoms with Gasteiger partial charge in [0.05, 0.1) is 0 Å². The number of hydrogen-bond acceptors (Lipinski definition) is 0. The Morgan fingerprint density at radius 1 is 1.20 bits per heavy atom. The zero-order valence-electron chi connectivity index (χ0n) is 10.3. The van der Waals surface area contributed by atoms with Crippen LogP contribution >= 0.6 is 0 Å². The molecule has 0 radical (unpaired) electrons. The second-order valence-electron chi connectivity index (χ2n) is 3.31. The molecule has 15 heavy (non-hydrogen) atoms. The fourth-order valence-electron chi connectivity index (χ4n) is 1.20. The molecule has 0 saturated carbocycles. The Kier molecular flexibility index (Phi) is 7.35. The van der Waals surface area contributed by atoms with E-state index in [1.807, 2.05) is 19.9 Å². The molecule has 0 spiro atoms. The lowest BCUT2D eigenvalue weighted by atomic mass is 10.1. The molecule has 0 N–H and O–H groups in total. The highest BCUT2D eigenvalue weighted by Crippen LogP contribution is 2.16. The molecule has 0 nitrogen and oxygen atoms in total. The van der Waals surface area contributed by atoms with Crippen LogP contribution < -0.4 is 0 Å². The third-order valence-corrected chi connectivity index (χ3v) is 2.10. The standard InChI is InChI=1S/C13H16.C2H6/c1-4-5-6-13-10-8-11(2)7-9-12(13)3;1-2/h4-11H,1H2,2-3H3;1-2H3/b6-5-;. The molecule has 0 amide bonds. The molecule has 82 valence electrons. The smallest absolute Gasteiger partial charge is 0.00753 e. The molecule has 0 fully saturated rings. The highest BCUT2D eigenvalue weighted by Gasteiger charge is 1.98. The maximum absolute atomic E-state index is 3.66. The van der Waals surface area contributed by atoms with E-state index in [-0.39, 0.29) is 0 Å². The monoisotopic (exact) mass is 202 g/mol. The fourth-order valence-corrected chi connectivity index (χ4v) is 1.20. The zero-order chi connectivity index (χ0) is 11.7. The van der Waals surface area contributed by atoms with Crippen LogP contribution in [0.5, 0.6) is 0 Å². The van der Waals surface area contributed by atoms with E-state index in [0.717, 1.165) is 0 Å². The van der Waals surface area contributed by atoms with Crippen LogP contribution in [-0.4, -0.2) is 0 Å². The zero-order valence-corrected chi connectivity index (χ0v) is 10.3. The summed E-state index contributed by atoms with van der Waals surface area (Å²) in [7, 11) is 0. The van der Waals surface area contributed by atoms with Gasteiger partial charge in [-0.15, -0.1) is 0 Å². The average molecular weight is 202 g/mol. The fraction of sp³-hybridized carbons (Fsp3) is 0.333. The first-order chi connectivity index (χ1) is 7.24. The minimum atomic E-state index is 0.532. The van der Waals surface area contributed by atoms with Gasteiger partial charge in [-0.1, -0.05) is 69.9 Å². The van der Waals surface area contributed by atoms with Crippen LogP contribution in [0.4, 0.5) is 0 Å². The quantitative estimate of drug-likeness (QED) is 0.562. The van der Waals surface area contributed by atoms with Crippen molar-refractivity contribution in [3.63, 3.8) is 0 Å². The Bertz CT molecular complexity index is 298. The van der Waals surface area contributed by atoms with E-state index >= 15 is 0 Å². The molecule has 0 bridgehead atoms. The van der Waals surface area contributed by atoms with Crippen LogP contribution in [-0.2, 0) is 0 Å². The summed E-state index contributed by atoms with van der Waals surface area (Å²) < 4.78 is 0. The van der Waals surface area contributed by atoms with Gasteiger partial charge in [0.2, 0.25) is 0 Å². The Hall–Kier alpha value is -1.30. The molecule has 0 aromatic rings. The topological polar surface area (TPSA) is 0 Å². The third-order valence-electron chi connectivity index (χ3n) is 2.10. The van der Waals surface area contributed by atoms with Gasteiger partial charge >= 0.3 is 0 Å². The first-order valence-corrected chi connectivity index (χ1v) is 5.60. The maximum Gasteiger partial charge on any atom is -0.00753 e. The van der Waals surface area contributed by atoms with Crippen LogP contribution in [0.3, 0.4) is 0 Å². The van der Waals surface area contributed by atoms with E-state index in [1.165, 1.54) is 11.1 Å². The van der Waals surface area contributed by atoms with Gasteiger partial charge in [0.1, 0.15) is 0 Å². The van der Waals surface area contributed by atoms with E-state index in [4.69, 9.17) is 0 Å². The first-order valence-electron chi connectivity index (χ1n) is 5.60. The Morgan fingerprint density at radius 3 is 2.40 bits per heavy atom. The SMILES string of the molecule is C=C/C=C\C1=C(C)C=CC(C)C=C1.CC. The molecule has 0 aromatic carbocycles. The van der Waals surface area contributed by atoms with E-state index in [0.29, 0.717) is 5.92 Å². The van der Waals surface area contributed by atoms with Crippen molar-refractivity contribution in [1.82, 2.24) is 0 Å². The van der Waals surface area contributed by atoms with Crippen molar-refractivity contribution in [3.8, 4) is 0 Å². The van der Waals surface area contributed by atoms with Crippen molar-refractivity contribution < 1.29 is 0 Å². The van der Waals surface area contributed by atoms with Crippen LogP contribution in [0.15, 0.2) is 60.3 Å². The Labute approximate surface area is 94.4 Å². The summed E-state index contributed by atoms with van der Waals surface area (Å²) in [6, 6.07) is 0. The molecule has 0 heterocycles. The van der Waals surface area contributed by atoms with Crippen molar-refractivity contribution in [3.05, 3.63) is 60.3 Å². The van der Waals surface area contributed by atoms with Gasteiger partial charge in [0, 0.05) is 0 Å². The summed E-state index contributed by atoms with van der Waals surface area (Å²) in [6.07, 6.45) is 14.6. The molecule has 1 unspecified atom stereocenters. The molecule has 1 aliphatic carbocycles. The van der Waals surface area contributed by atoms with E-state index < -0.39 is 0 Å². The van der Waals surface area contributed by atoms with Gasteiger partial charge in [-0.25, -0.2) is 0 Å². The van der Waals surface area contributed by atoms with Gasteiger partial charge in [-0.05, 0) is 24.0 Å². The normalized spacial score (nSPS) is 19.9. The van der Waals surface area contributed by atoms with Gasteiger partial charge in [-0.2, -0.15) is 0 Å². The molecule has 0 aliphatic heterocycles. The summed E-state index contributed by atoms with van der Waals surface area (Å²) >= 11 is 0. The van der Waals surface area contributed by atoms with Crippen molar-refractivity contribution >= 4 is 0 Å². The van der Waals surface area contributed by atoms with Crippen LogP contribution in [0.2, 0.25) is 0 Å². The average Bonchev–Trinajstić information content (AvgIpc) is 2.43. The Morgan fingerprint density at radius 2 is 1.80 bits per heavy atom. The van der Waals surface area contributed by atoms with Gasteiger partial charge < -0.3 is 0 Å². The molecule has 1 rings (SSSR count). The summed E-state index contributed by atoms with van der Waals surface area (Å²) in [6.45, 7) is 12.0. The number of rotatable bonds is 2. The first kappa shape index (κ1) is 13.7. The number of hydrogen-bond donors (Lipinski definition) is 0. The highest BCUT2D eigenvalue weighted by molar-refractivity contribution is 5.42. The van der Waals surface area contributed by atoms with Crippen molar-refractivity contribution in [1.29, 1.82) is 0 Å². The lowest BCUT2D eigenvalue weighted by molar-refractivity contribution is 0.941. The summed E-state index contributed by atoms with van der Waals surface area (Å²) in [5.74, 6) is 0.532. The molecule has 1 atom stereocenters. The predicted octanol–water partition coefficient (Wildman–Crippen LogP) is 4.83. The van der Waals surface area contributed by atoms with E-state index in [1.54, 1.807) is 6.08 Å². The van der Waals surface area contributed by atoms with Crippen LogP contribution in [0, 0.1) is 5.92 Å². The number of allylic oxidation sites excluding steroid dienone is 9. The highest BCUT2D eigenvalue weighted by atomic mass is 14.0. The molecular formula is C15H22. The largest absolute Gasteiger partial charge is 0.0991 e. The van der Waals surface area contributed by atoms with Crippen molar-refractivity contribution in [2.24, 2.45) is 5.92 Å². The van der Waals surface area contributed by atoms with E-state index in [2.05, 4.69) is 50.8 Å². The van der Waals surface area contributed by atoms with Gasteiger partial charge in [0.15, 0.2) is 0 Å². The lowest BCUT2D eigenvalue weighted by Gasteiger charge is -1.95. The maximum atomic E-state index is 3.66. The molecule has 0 aromatic heterocycles. The van der Waals surface area contributed by atoms with Crippen LogP contribution in [0.25, 0.3) is 0 Å². The second kappa shape index (κ2) is 8.05. The molecule has 0 heteroatoms. The predicted molar refractivity (Wildman–Crippen MR) is 70.8 cm³/mol. The van der Waals surface area contributed by atoms with Crippen LogP contribution in [0.1, 0.15) is 27.7 Å². The minimum Gasteiger partial charge on any atom is -0.0991 e. The summed E-state index contributed by atoms with van der Waals surface area (Å²) in [4.78, 5) is 0. The summed E-state index contributed by atoms with van der Waals surface area (Å²) in [5.41, 5.74) is 2.57. The van der Waals surface area contributed by atoms with Gasteiger partial charge in [-0.3, -0.25) is 0 Å². The Balaban J connectivity index is 0.000000921. The van der Waals surface area contributed by atoms with Gasteiger partial charge in [0.25, 0.3) is 0 Å².